The minimum absolute atomic E-state index is 0.154. The molecule has 0 saturated heterocycles. The quantitative estimate of drug-likeness (QED) is 0.551. The maximum atomic E-state index is 13.0. The number of anilines is 1. The van der Waals surface area contributed by atoms with Crippen LogP contribution in [-0.2, 0) is 30.9 Å². The van der Waals surface area contributed by atoms with Gasteiger partial charge in [0.2, 0.25) is 0 Å². The van der Waals surface area contributed by atoms with E-state index in [2.05, 4.69) is 5.32 Å². The molecule has 1 heterocycles. The van der Waals surface area contributed by atoms with Crippen LogP contribution in [0.25, 0.3) is 10.8 Å². The number of methoxy groups -OCH3 is 1. The lowest BCUT2D eigenvalue weighted by Crippen LogP contribution is -2.39. The van der Waals surface area contributed by atoms with Crippen LogP contribution in [0.15, 0.2) is 65.6 Å². The van der Waals surface area contributed by atoms with E-state index >= 15 is 0 Å². The van der Waals surface area contributed by atoms with Crippen molar-refractivity contribution in [1.82, 2.24) is 5.32 Å². The molecule has 1 aliphatic heterocycles. The van der Waals surface area contributed by atoms with Crippen molar-refractivity contribution in [3.05, 3.63) is 66.2 Å². The molecule has 1 unspecified atom stereocenters. The Balaban J connectivity index is 1.42. The van der Waals surface area contributed by atoms with Gasteiger partial charge in [-0.25, -0.2) is 8.42 Å². The van der Waals surface area contributed by atoms with Gasteiger partial charge in [-0.3, -0.25) is 13.9 Å². The molecule has 1 N–H and O–H groups in total. The van der Waals surface area contributed by atoms with Crippen molar-refractivity contribution < 1.29 is 27.5 Å². The van der Waals surface area contributed by atoms with E-state index in [1.165, 1.54) is 20.1 Å². The molecule has 0 aliphatic carbocycles. The van der Waals surface area contributed by atoms with Crippen molar-refractivity contribution in [1.29, 1.82) is 0 Å². The monoisotopic (exact) mass is 454 g/mol. The molecule has 9 heteroatoms. The van der Waals surface area contributed by atoms with Gasteiger partial charge < -0.3 is 14.8 Å². The van der Waals surface area contributed by atoms with Gasteiger partial charge in [-0.05, 0) is 30.5 Å². The van der Waals surface area contributed by atoms with E-state index in [-0.39, 0.29) is 11.4 Å². The molecular weight excluding hydrogens is 432 g/mol. The number of esters is 1. The molecule has 0 spiro atoms. The number of amides is 1. The Labute approximate surface area is 185 Å². The largest absolute Gasteiger partial charge is 0.496 e. The van der Waals surface area contributed by atoms with Gasteiger partial charge in [-0.2, -0.15) is 0 Å². The molecule has 0 saturated carbocycles. The Hall–Kier alpha value is -3.59. The standard InChI is InChI=1S/C23H22N2O6S/c1-15(23(27)24-13-17-7-3-4-11-19(17)30-2)31-21(26)14-25-18-10-5-8-16-9-6-12-20(22(16)18)32(25,28)29/h3-12,15H,13-14H2,1-2H3,(H,24,27). The first kappa shape index (κ1) is 21.6. The number of benzene rings is 3. The third-order valence-corrected chi connectivity index (χ3v) is 7.08. The van der Waals surface area contributed by atoms with Crippen LogP contribution in [-0.4, -0.2) is 40.1 Å². The van der Waals surface area contributed by atoms with E-state index in [9.17, 15) is 18.0 Å². The first-order valence-electron chi connectivity index (χ1n) is 9.96. The molecule has 4 rings (SSSR count). The molecule has 0 aromatic heterocycles. The number of nitrogens with zero attached hydrogens (tertiary/aromatic N) is 1. The summed E-state index contributed by atoms with van der Waals surface area (Å²) in [6, 6.07) is 17.4. The van der Waals surface area contributed by atoms with E-state index in [0.29, 0.717) is 16.8 Å². The second kappa shape index (κ2) is 8.51. The summed E-state index contributed by atoms with van der Waals surface area (Å²) in [5.41, 5.74) is 1.19. The van der Waals surface area contributed by atoms with E-state index in [1.54, 1.807) is 24.3 Å². The third kappa shape index (κ3) is 3.87. The minimum Gasteiger partial charge on any atom is -0.496 e. The van der Waals surface area contributed by atoms with Crippen molar-refractivity contribution >= 4 is 38.4 Å². The summed E-state index contributed by atoms with van der Waals surface area (Å²) >= 11 is 0. The minimum atomic E-state index is -3.89. The fraction of sp³-hybridized carbons (Fsp3) is 0.217. The fourth-order valence-electron chi connectivity index (χ4n) is 3.71. The van der Waals surface area contributed by atoms with Crippen LogP contribution in [0.3, 0.4) is 0 Å². The fourth-order valence-corrected chi connectivity index (χ4v) is 5.36. The maximum absolute atomic E-state index is 13.0. The van der Waals surface area contributed by atoms with Gasteiger partial charge in [0.15, 0.2) is 6.10 Å². The zero-order valence-electron chi connectivity index (χ0n) is 17.6. The van der Waals surface area contributed by atoms with E-state index < -0.39 is 34.5 Å². The van der Waals surface area contributed by atoms with Crippen molar-refractivity contribution in [2.75, 3.05) is 18.0 Å². The zero-order chi connectivity index (χ0) is 22.9. The van der Waals surface area contributed by atoms with Crippen molar-refractivity contribution in [2.45, 2.75) is 24.5 Å². The molecule has 8 nitrogen and oxygen atoms in total. The molecule has 3 aromatic carbocycles. The molecule has 166 valence electrons. The van der Waals surface area contributed by atoms with Gasteiger partial charge in [0.1, 0.15) is 12.3 Å². The van der Waals surface area contributed by atoms with Gasteiger partial charge in [0.05, 0.1) is 17.7 Å². The Morgan fingerprint density at radius 1 is 1.03 bits per heavy atom. The molecule has 1 atom stereocenters. The van der Waals surface area contributed by atoms with E-state index in [0.717, 1.165) is 15.3 Å². The highest BCUT2D eigenvalue weighted by atomic mass is 32.2. The SMILES string of the molecule is COc1ccccc1CNC(=O)C(C)OC(=O)CN1c2cccc3cccc(c23)S1(=O)=O. The number of carbonyl (C=O) groups is 2. The molecular formula is C23H22N2O6S. The zero-order valence-corrected chi connectivity index (χ0v) is 18.4. The summed E-state index contributed by atoms with van der Waals surface area (Å²) in [4.78, 5) is 25.1. The predicted molar refractivity (Wildman–Crippen MR) is 119 cm³/mol. The van der Waals surface area contributed by atoms with Gasteiger partial charge in [-0.1, -0.05) is 42.5 Å². The topological polar surface area (TPSA) is 102 Å². The summed E-state index contributed by atoms with van der Waals surface area (Å²) in [5.74, 6) is -0.692. The average molecular weight is 455 g/mol. The second-order valence-electron chi connectivity index (χ2n) is 7.30. The predicted octanol–water partition coefficient (Wildman–Crippen LogP) is 2.61. The van der Waals surface area contributed by atoms with Crippen molar-refractivity contribution in [3.8, 4) is 5.75 Å². The average Bonchev–Trinajstić information content (AvgIpc) is 3.00. The Bertz CT molecular complexity index is 1300. The molecule has 32 heavy (non-hydrogen) atoms. The molecule has 3 aromatic rings. The van der Waals surface area contributed by atoms with Crippen LogP contribution in [0, 0.1) is 0 Å². The first-order valence-corrected chi connectivity index (χ1v) is 11.4. The third-order valence-electron chi connectivity index (χ3n) is 5.28. The van der Waals surface area contributed by atoms with E-state index in [1.807, 2.05) is 30.3 Å². The summed E-state index contributed by atoms with van der Waals surface area (Å²) < 4.78 is 37.4. The van der Waals surface area contributed by atoms with E-state index in [4.69, 9.17) is 9.47 Å². The number of para-hydroxylation sites is 1. The lowest BCUT2D eigenvalue weighted by Gasteiger charge is -2.19. The number of ether oxygens (including phenoxy) is 2. The molecule has 1 aliphatic rings. The van der Waals surface area contributed by atoms with Gasteiger partial charge in [-0.15, -0.1) is 0 Å². The summed E-state index contributed by atoms with van der Waals surface area (Å²) in [6.07, 6.45) is -1.10. The van der Waals surface area contributed by atoms with Crippen molar-refractivity contribution in [3.63, 3.8) is 0 Å². The molecule has 0 radical (unpaired) electrons. The number of hydrogen-bond acceptors (Lipinski definition) is 6. The van der Waals surface area contributed by atoms with Crippen LogP contribution in [0.1, 0.15) is 12.5 Å². The highest BCUT2D eigenvalue weighted by molar-refractivity contribution is 7.93. The summed E-state index contributed by atoms with van der Waals surface area (Å²) in [6.45, 7) is 1.10. The Kier molecular flexibility index (Phi) is 5.75. The Morgan fingerprint density at radius 3 is 2.50 bits per heavy atom. The van der Waals surface area contributed by atoms with Crippen molar-refractivity contribution in [2.24, 2.45) is 0 Å². The highest BCUT2D eigenvalue weighted by Gasteiger charge is 2.37. The Morgan fingerprint density at radius 2 is 1.75 bits per heavy atom. The lowest BCUT2D eigenvalue weighted by molar-refractivity contribution is -0.153. The highest BCUT2D eigenvalue weighted by Crippen LogP contribution is 2.41. The number of rotatable bonds is 7. The van der Waals surface area contributed by atoms with Gasteiger partial charge >= 0.3 is 5.97 Å². The molecule has 0 fully saturated rings. The second-order valence-corrected chi connectivity index (χ2v) is 9.14. The molecule has 0 bridgehead atoms. The van der Waals surface area contributed by atoms with Crippen LogP contribution < -0.4 is 14.4 Å². The molecule has 1 amide bonds. The normalized spacial score (nSPS) is 14.8. The lowest BCUT2D eigenvalue weighted by atomic mass is 10.1. The smallest absolute Gasteiger partial charge is 0.327 e. The van der Waals surface area contributed by atoms with Crippen LogP contribution >= 0.6 is 0 Å². The number of nitrogens with one attached hydrogen (secondary N) is 1. The van der Waals surface area contributed by atoms with Crippen LogP contribution in [0.5, 0.6) is 5.75 Å². The summed E-state index contributed by atoms with van der Waals surface area (Å²) in [5, 5.41) is 4.03. The van der Waals surface area contributed by atoms with Gasteiger partial charge in [0, 0.05) is 17.5 Å². The van der Waals surface area contributed by atoms with Crippen LogP contribution in [0.4, 0.5) is 5.69 Å². The number of carbonyl (C=O) groups excluding carboxylic acids is 2. The number of hydrogen-bond donors (Lipinski definition) is 1. The summed E-state index contributed by atoms with van der Waals surface area (Å²) in [7, 11) is -2.35. The number of sulfonamides is 1. The first-order chi connectivity index (χ1) is 15.3. The van der Waals surface area contributed by atoms with Gasteiger partial charge in [0.25, 0.3) is 15.9 Å². The maximum Gasteiger partial charge on any atom is 0.327 e. The van der Waals surface area contributed by atoms with Crippen LogP contribution in [0.2, 0.25) is 0 Å².